The molecule has 0 bridgehead atoms. The third-order valence-corrected chi connectivity index (χ3v) is 6.35. The number of hydrogen-bond acceptors (Lipinski definition) is 3. The van der Waals surface area contributed by atoms with Crippen molar-refractivity contribution in [3.8, 4) is 0 Å². The Kier molecular flexibility index (Phi) is 4.17. The smallest absolute Gasteiger partial charge is 0.220 e. The van der Waals surface area contributed by atoms with Crippen molar-refractivity contribution < 1.29 is 13.2 Å². The first kappa shape index (κ1) is 15.8. The number of piperidine rings is 1. The molecule has 2 aliphatic heterocycles. The van der Waals surface area contributed by atoms with Gasteiger partial charge in [-0.2, -0.15) is 0 Å². The number of amides is 1. The van der Waals surface area contributed by atoms with E-state index in [1.54, 1.807) is 4.31 Å². The lowest BCUT2D eigenvalue weighted by molar-refractivity contribution is -0.119. The van der Waals surface area contributed by atoms with E-state index < -0.39 is 10.0 Å². The summed E-state index contributed by atoms with van der Waals surface area (Å²) in [7, 11) is -3.15. The Bertz CT molecular complexity index is 471. The first-order chi connectivity index (χ1) is 9.12. The molecule has 2 saturated heterocycles. The molecule has 116 valence electrons. The van der Waals surface area contributed by atoms with Crippen molar-refractivity contribution in [2.75, 3.05) is 25.4 Å². The van der Waals surface area contributed by atoms with Crippen molar-refractivity contribution in [3.63, 3.8) is 0 Å². The second-order valence-corrected chi connectivity index (χ2v) is 9.57. The number of hydrogen-bond donors (Lipinski definition) is 1. The molecule has 0 aromatic heterocycles. The van der Waals surface area contributed by atoms with E-state index in [0.29, 0.717) is 32.5 Å². The summed E-state index contributed by atoms with van der Waals surface area (Å²) in [6.45, 7) is 8.00. The second-order valence-electron chi connectivity index (χ2n) is 7.48. The monoisotopic (exact) mass is 302 g/mol. The van der Waals surface area contributed by atoms with Crippen LogP contribution < -0.4 is 5.32 Å². The van der Waals surface area contributed by atoms with Crippen LogP contribution in [0.5, 0.6) is 0 Å². The maximum atomic E-state index is 12.3. The number of nitrogens with one attached hydrogen (secondary N) is 1. The van der Waals surface area contributed by atoms with E-state index in [0.717, 1.165) is 12.8 Å². The van der Waals surface area contributed by atoms with Crippen molar-refractivity contribution in [3.05, 3.63) is 0 Å². The molecule has 1 spiro atoms. The molecule has 0 saturated carbocycles. The summed E-state index contributed by atoms with van der Waals surface area (Å²) in [5, 5.41) is 2.87. The van der Waals surface area contributed by atoms with Crippen LogP contribution in [0.2, 0.25) is 0 Å². The Balaban J connectivity index is 1.91. The molecule has 0 radical (unpaired) electrons. The van der Waals surface area contributed by atoms with Crippen molar-refractivity contribution >= 4 is 15.9 Å². The Morgan fingerprint density at radius 2 is 1.85 bits per heavy atom. The highest BCUT2D eigenvalue weighted by molar-refractivity contribution is 7.89. The van der Waals surface area contributed by atoms with E-state index in [1.807, 2.05) is 0 Å². The fourth-order valence-electron chi connectivity index (χ4n) is 2.91. The average molecular weight is 302 g/mol. The molecule has 20 heavy (non-hydrogen) atoms. The largest absolute Gasteiger partial charge is 0.356 e. The molecular formula is C14H26N2O3S. The Hall–Kier alpha value is -0.620. The van der Waals surface area contributed by atoms with Gasteiger partial charge in [0.25, 0.3) is 0 Å². The first-order valence-electron chi connectivity index (χ1n) is 7.37. The zero-order valence-electron chi connectivity index (χ0n) is 12.7. The van der Waals surface area contributed by atoms with Crippen LogP contribution in [0.15, 0.2) is 0 Å². The van der Waals surface area contributed by atoms with Gasteiger partial charge >= 0.3 is 0 Å². The van der Waals surface area contributed by atoms with E-state index in [9.17, 15) is 13.2 Å². The van der Waals surface area contributed by atoms with Crippen LogP contribution in [-0.2, 0) is 14.8 Å². The standard InChI is InChI=1S/C14H26N2O3S/c1-13(2,3)6-9-20(18,19)16-7-4-14(5-8-16)10-12(17)15-11-14/h4-11H2,1-3H3,(H,15,17). The van der Waals surface area contributed by atoms with Gasteiger partial charge in [-0.3, -0.25) is 4.79 Å². The maximum Gasteiger partial charge on any atom is 0.220 e. The van der Waals surface area contributed by atoms with Gasteiger partial charge in [0.2, 0.25) is 15.9 Å². The van der Waals surface area contributed by atoms with Crippen LogP contribution in [0.25, 0.3) is 0 Å². The quantitative estimate of drug-likeness (QED) is 0.856. The van der Waals surface area contributed by atoms with Crippen LogP contribution in [0.4, 0.5) is 0 Å². The van der Waals surface area contributed by atoms with Crippen molar-refractivity contribution in [2.45, 2.75) is 46.5 Å². The Morgan fingerprint density at radius 3 is 2.30 bits per heavy atom. The predicted molar refractivity (Wildman–Crippen MR) is 78.7 cm³/mol. The van der Waals surface area contributed by atoms with Crippen LogP contribution in [0.3, 0.4) is 0 Å². The minimum absolute atomic E-state index is 0.00707. The summed E-state index contributed by atoms with van der Waals surface area (Å²) in [5.41, 5.74) is 0.0407. The van der Waals surface area contributed by atoms with Crippen LogP contribution in [-0.4, -0.2) is 44.0 Å². The molecular weight excluding hydrogens is 276 g/mol. The summed E-state index contributed by atoms with van der Waals surface area (Å²) in [5.74, 6) is 0.328. The molecule has 1 amide bonds. The average Bonchev–Trinajstić information content (AvgIpc) is 2.68. The molecule has 0 unspecified atom stereocenters. The molecule has 2 fully saturated rings. The van der Waals surface area contributed by atoms with Gasteiger partial charge in [0.15, 0.2) is 0 Å². The van der Waals surface area contributed by atoms with Gasteiger partial charge in [-0.05, 0) is 30.1 Å². The van der Waals surface area contributed by atoms with Gasteiger partial charge in [0.1, 0.15) is 0 Å². The first-order valence-corrected chi connectivity index (χ1v) is 8.98. The van der Waals surface area contributed by atoms with E-state index in [4.69, 9.17) is 0 Å². The number of carbonyl (C=O) groups is 1. The molecule has 2 rings (SSSR count). The zero-order valence-corrected chi connectivity index (χ0v) is 13.6. The lowest BCUT2D eigenvalue weighted by Crippen LogP contribution is -2.45. The highest BCUT2D eigenvalue weighted by atomic mass is 32.2. The normalized spacial score (nSPS) is 24.1. The fourth-order valence-corrected chi connectivity index (χ4v) is 4.78. The van der Waals surface area contributed by atoms with Crippen molar-refractivity contribution in [2.24, 2.45) is 10.8 Å². The number of nitrogens with zero attached hydrogens (tertiary/aromatic N) is 1. The second kappa shape index (κ2) is 5.30. The number of carbonyl (C=O) groups excluding carboxylic acids is 1. The maximum absolute atomic E-state index is 12.3. The van der Waals surface area contributed by atoms with Crippen LogP contribution in [0, 0.1) is 10.8 Å². The highest BCUT2D eigenvalue weighted by Crippen LogP contribution is 2.38. The minimum Gasteiger partial charge on any atom is -0.356 e. The minimum atomic E-state index is -3.15. The highest BCUT2D eigenvalue weighted by Gasteiger charge is 2.42. The molecule has 2 heterocycles. The summed E-state index contributed by atoms with van der Waals surface area (Å²) in [4.78, 5) is 11.4. The van der Waals surface area contributed by atoms with Gasteiger partial charge < -0.3 is 5.32 Å². The van der Waals surface area contributed by atoms with Crippen molar-refractivity contribution in [1.29, 1.82) is 0 Å². The van der Waals surface area contributed by atoms with E-state index in [1.165, 1.54) is 0 Å². The summed E-state index contributed by atoms with van der Waals surface area (Å²) >= 11 is 0. The molecule has 5 nitrogen and oxygen atoms in total. The molecule has 1 N–H and O–H groups in total. The molecule has 0 aromatic carbocycles. The molecule has 0 atom stereocenters. The summed E-state index contributed by atoms with van der Waals surface area (Å²) in [6.07, 6.45) is 2.82. The van der Waals surface area contributed by atoms with Gasteiger partial charge in [0.05, 0.1) is 5.75 Å². The summed E-state index contributed by atoms with van der Waals surface area (Å²) < 4.78 is 26.3. The Labute approximate surface area is 122 Å². The molecule has 2 aliphatic rings. The third-order valence-electron chi connectivity index (χ3n) is 4.48. The van der Waals surface area contributed by atoms with Gasteiger partial charge in [0, 0.05) is 26.1 Å². The number of rotatable bonds is 3. The predicted octanol–water partition coefficient (Wildman–Crippen LogP) is 1.35. The van der Waals surface area contributed by atoms with Crippen LogP contribution >= 0.6 is 0 Å². The Morgan fingerprint density at radius 1 is 1.25 bits per heavy atom. The van der Waals surface area contributed by atoms with Gasteiger partial charge in [-0.1, -0.05) is 20.8 Å². The topological polar surface area (TPSA) is 66.5 Å². The zero-order chi connectivity index (χ0) is 15.0. The van der Waals surface area contributed by atoms with Crippen molar-refractivity contribution in [1.82, 2.24) is 9.62 Å². The van der Waals surface area contributed by atoms with E-state index in [-0.39, 0.29) is 22.5 Å². The fraction of sp³-hybridized carbons (Fsp3) is 0.929. The molecule has 0 aromatic rings. The van der Waals surface area contributed by atoms with Gasteiger partial charge in [-0.25, -0.2) is 12.7 Å². The van der Waals surface area contributed by atoms with Crippen LogP contribution in [0.1, 0.15) is 46.5 Å². The van der Waals surface area contributed by atoms with Gasteiger partial charge in [-0.15, -0.1) is 0 Å². The van der Waals surface area contributed by atoms with E-state index in [2.05, 4.69) is 26.1 Å². The molecule has 6 heteroatoms. The summed E-state index contributed by atoms with van der Waals surface area (Å²) in [6, 6.07) is 0. The lowest BCUT2D eigenvalue weighted by atomic mass is 9.78. The number of sulfonamides is 1. The lowest BCUT2D eigenvalue weighted by Gasteiger charge is -2.37. The third kappa shape index (κ3) is 3.73. The van der Waals surface area contributed by atoms with E-state index >= 15 is 0 Å². The SMILES string of the molecule is CC(C)(C)CCS(=O)(=O)N1CCC2(CC1)CNC(=O)C2. The molecule has 0 aliphatic carbocycles.